The molecular weight excluding hydrogens is 399 g/mol. The molecule has 0 saturated carbocycles. The van der Waals surface area contributed by atoms with Gasteiger partial charge in [-0.1, -0.05) is 54.4 Å². The van der Waals surface area contributed by atoms with Crippen molar-refractivity contribution in [1.82, 2.24) is 9.97 Å². The maximum Gasteiger partial charge on any atom is 0.362 e. The second-order valence-corrected chi connectivity index (χ2v) is 6.80. The molecule has 0 atom stereocenters. The number of carbonyl (C=O) groups excluding carboxylic acids is 1. The summed E-state index contributed by atoms with van der Waals surface area (Å²) < 4.78 is 10.6. The van der Waals surface area contributed by atoms with Crippen molar-refractivity contribution in [3.63, 3.8) is 0 Å². The third kappa shape index (κ3) is 4.43. The van der Waals surface area contributed by atoms with Gasteiger partial charge in [0, 0.05) is 21.2 Å². The topological polar surface area (TPSA) is 61.3 Å². The van der Waals surface area contributed by atoms with Gasteiger partial charge >= 0.3 is 5.97 Å². The number of hydrogen-bond donors (Lipinski definition) is 0. The van der Waals surface area contributed by atoms with Crippen molar-refractivity contribution in [2.45, 2.75) is 13.3 Å². The van der Waals surface area contributed by atoms with E-state index in [-0.39, 0.29) is 11.6 Å². The molecule has 0 aliphatic carbocycles. The Bertz CT molecular complexity index is 974. The maximum atomic E-state index is 12.3. The summed E-state index contributed by atoms with van der Waals surface area (Å²) in [5.41, 5.74) is 2.66. The zero-order valence-electron chi connectivity index (χ0n) is 15.4. The van der Waals surface area contributed by atoms with Crippen LogP contribution in [0.1, 0.15) is 23.8 Å². The van der Waals surface area contributed by atoms with E-state index in [1.807, 2.05) is 31.2 Å². The molecule has 1 aromatic heterocycles. The van der Waals surface area contributed by atoms with Gasteiger partial charge in [0.1, 0.15) is 5.69 Å². The quantitative estimate of drug-likeness (QED) is 0.482. The molecule has 0 bridgehead atoms. The fourth-order valence-electron chi connectivity index (χ4n) is 2.57. The third-order valence-corrected chi connectivity index (χ3v) is 4.42. The highest BCUT2D eigenvalue weighted by Crippen LogP contribution is 2.33. The van der Waals surface area contributed by atoms with Gasteiger partial charge in [-0.25, -0.2) is 14.8 Å². The van der Waals surface area contributed by atoms with Crippen molar-refractivity contribution in [3.8, 4) is 28.4 Å². The molecular formula is C21H18Cl2N2O3. The zero-order chi connectivity index (χ0) is 20.1. The summed E-state index contributed by atoms with van der Waals surface area (Å²) in [5, 5.41) is 1.21. The van der Waals surface area contributed by atoms with Gasteiger partial charge in [-0.2, -0.15) is 0 Å². The molecule has 3 aromatic rings. The van der Waals surface area contributed by atoms with E-state index in [4.69, 9.17) is 32.7 Å². The monoisotopic (exact) mass is 416 g/mol. The first-order valence-electron chi connectivity index (χ1n) is 8.68. The standard InChI is InChI=1S/C21H18Cl2N2O3/c1-3-12-28-20-19(21(26)27-2)24-17(13-4-8-15(22)9-5-13)18(25-20)14-6-10-16(23)11-7-14/h4-11H,3,12H2,1-2H3. The molecule has 0 spiro atoms. The van der Waals surface area contributed by atoms with Crippen LogP contribution in [0.4, 0.5) is 0 Å². The van der Waals surface area contributed by atoms with Crippen molar-refractivity contribution < 1.29 is 14.3 Å². The van der Waals surface area contributed by atoms with Gasteiger partial charge < -0.3 is 9.47 Å². The number of methoxy groups -OCH3 is 1. The smallest absolute Gasteiger partial charge is 0.362 e. The number of rotatable bonds is 6. The lowest BCUT2D eigenvalue weighted by Crippen LogP contribution is -2.12. The summed E-state index contributed by atoms with van der Waals surface area (Å²) in [6.07, 6.45) is 0.761. The van der Waals surface area contributed by atoms with Crippen LogP contribution in [0.25, 0.3) is 22.5 Å². The van der Waals surface area contributed by atoms with E-state index in [0.717, 1.165) is 17.5 Å². The Morgan fingerprint density at radius 3 is 1.86 bits per heavy atom. The molecule has 0 fully saturated rings. The molecule has 7 heteroatoms. The minimum absolute atomic E-state index is 0.0265. The van der Waals surface area contributed by atoms with Crippen LogP contribution in [0, 0.1) is 0 Å². The maximum absolute atomic E-state index is 12.3. The molecule has 0 aliphatic rings. The second-order valence-electron chi connectivity index (χ2n) is 5.93. The number of esters is 1. The Morgan fingerprint density at radius 1 is 0.893 bits per heavy atom. The molecule has 1 heterocycles. The van der Waals surface area contributed by atoms with Crippen LogP contribution in [-0.2, 0) is 4.74 Å². The first kappa shape index (κ1) is 20.1. The molecule has 5 nitrogen and oxygen atoms in total. The van der Waals surface area contributed by atoms with E-state index in [9.17, 15) is 4.79 Å². The first-order chi connectivity index (χ1) is 13.5. The normalized spacial score (nSPS) is 10.6. The number of aromatic nitrogens is 2. The van der Waals surface area contributed by atoms with Crippen molar-refractivity contribution >= 4 is 29.2 Å². The van der Waals surface area contributed by atoms with E-state index >= 15 is 0 Å². The van der Waals surface area contributed by atoms with E-state index < -0.39 is 5.97 Å². The molecule has 3 rings (SSSR count). The summed E-state index contributed by atoms with van der Waals surface area (Å²) in [5.74, 6) is -0.479. The van der Waals surface area contributed by atoms with Gasteiger partial charge in [-0.05, 0) is 30.7 Å². The van der Waals surface area contributed by atoms with Crippen LogP contribution >= 0.6 is 23.2 Å². The molecule has 0 unspecified atom stereocenters. The SMILES string of the molecule is CCCOc1nc(-c2ccc(Cl)cc2)c(-c2ccc(Cl)cc2)nc1C(=O)OC. The molecule has 0 radical (unpaired) electrons. The molecule has 0 saturated heterocycles. The van der Waals surface area contributed by atoms with Crippen molar-refractivity contribution in [2.24, 2.45) is 0 Å². The fourth-order valence-corrected chi connectivity index (χ4v) is 2.82. The van der Waals surface area contributed by atoms with Crippen LogP contribution < -0.4 is 4.74 Å². The third-order valence-electron chi connectivity index (χ3n) is 3.92. The molecule has 0 amide bonds. The average molecular weight is 417 g/mol. The Hall–Kier alpha value is -2.63. The predicted octanol–water partition coefficient (Wildman–Crippen LogP) is 5.69. The summed E-state index contributed by atoms with van der Waals surface area (Å²) in [4.78, 5) is 21.5. The van der Waals surface area contributed by atoms with Crippen LogP contribution in [0.15, 0.2) is 48.5 Å². The Kier molecular flexibility index (Phi) is 6.49. The number of halogens is 2. The van der Waals surface area contributed by atoms with Crippen LogP contribution in [-0.4, -0.2) is 29.7 Å². The highest BCUT2D eigenvalue weighted by molar-refractivity contribution is 6.31. The van der Waals surface area contributed by atoms with E-state index in [1.54, 1.807) is 24.3 Å². The first-order valence-corrected chi connectivity index (χ1v) is 9.44. The number of benzene rings is 2. The summed E-state index contributed by atoms with van der Waals surface area (Å²) in [7, 11) is 1.29. The number of hydrogen-bond acceptors (Lipinski definition) is 5. The Labute approximate surface area is 173 Å². The number of carbonyl (C=O) groups is 1. The Morgan fingerprint density at radius 2 is 1.39 bits per heavy atom. The van der Waals surface area contributed by atoms with Crippen molar-refractivity contribution in [1.29, 1.82) is 0 Å². The Balaban J connectivity index is 2.25. The number of nitrogens with zero attached hydrogens (tertiary/aromatic N) is 2. The van der Waals surface area contributed by atoms with Crippen LogP contribution in [0.5, 0.6) is 5.88 Å². The highest BCUT2D eigenvalue weighted by atomic mass is 35.5. The highest BCUT2D eigenvalue weighted by Gasteiger charge is 2.23. The van der Waals surface area contributed by atoms with Gasteiger partial charge in [0.05, 0.1) is 19.4 Å². The summed E-state index contributed by atoms with van der Waals surface area (Å²) >= 11 is 12.0. The summed E-state index contributed by atoms with van der Waals surface area (Å²) in [6.45, 7) is 2.37. The van der Waals surface area contributed by atoms with E-state index in [2.05, 4.69) is 9.97 Å². The fraction of sp³-hybridized carbons (Fsp3) is 0.190. The summed E-state index contributed by atoms with van der Waals surface area (Å²) in [6, 6.07) is 14.4. The molecule has 28 heavy (non-hydrogen) atoms. The van der Waals surface area contributed by atoms with Gasteiger partial charge in [-0.15, -0.1) is 0 Å². The zero-order valence-corrected chi connectivity index (χ0v) is 16.9. The minimum atomic E-state index is -0.614. The van der Waals surface area contributed by atoms with Crippen molar-refractivity contribution in [2.75, 3.05) is 13.7 Å². The number of ether oxygens (including phenoxy) is 2. The second kappa shape index (κ2) is 9.04. The average Bonchev–Trinajstić information content (AvgIpc) is 2.72. The van der Waals surface area contributed by atoms with E-state index in [0.29, 0.717) is 28.0 Å². The molecule has 2 aromatic carbocycles. The van der Waals surface area contributed by atoms with Gasteiger partial charge in [0.25, 0.3) is 0 Å². The van der Waals surface area contributed by atoms with Crippen LogP contribution in [0.2, 0.25) is 10.0 Å². The lowest BCUT2D eigenvalue weighted by Gasteiger charge is -2.14. The largest absolute Gasteiger partial charge is 0.476 e. The van der Waals surface area contributed by atoms with Gasteiger partial charge in [0.15, 0.2) is 0 Å². The lowest BCUT2D eigenvalue weighted by atomic mass is 10.0. The molecule has 0 aliphatic heterocycles. The van der Waals surface area contributed by atoms with E-state index in [1.165, 1.54) is 7.11 Å². The molecule has 0 N–H and O–H groups in total. The minimum Gasteiger partial charge on any atom is -0.476 e. The molecule has 144 valence electrons. The predicted molar refractivity (Wildman–Crippen MR) is 110 cm³/mol. The van der Waals surface area contributed by atoms with Gasteiger partial charge in [0.2, 0.25) is 11.6 Å². The van der Waals surface area contributed by atoms with Crippen molar-refractivity contribution in [3.05, 3.63) is 64.3 Å². The van der Waals surface area contributed by atoms with Crippen LogP contribution in [0.3, 0.4) is 0 Å². The lowest BCUT2D eigenvalue weighted by molar-refractivity contribution is 0.0588. The van der Waals surface area contributed by atoms with Gasteiger partial charge in [-0.3, -0.25) is 0 Å².